The highest BCUT2D eigenvalue weighted by molar-refractivity contribution is 7.80. The lowest BCUT2D eigenvalue weighted by Crippen LogP contribution is -2.36. The second-order valence-electron chi connectivity index (χ2n) is 2.67. The highest BCUT2D eigenvalue weighted by atomic mass is 32.1. The van der Waals surface area contributed by atoms with Crippen LogP contribution in [0.4, 0.5) is 5.69 Å². The molecule has 4 nitrogen and oxygen atoms in total. The highest BCUT2D eigenvalue weighted by Crippen LogP contribution is 2.22. The summed E-state index contributed by atoms with van der Waals surface area (Å²) in [4.78, 5) is 0. The van der Waals surface area contributed by atoms with Crippen molar-refractivity contribution in [1.29, 1.82) is 0 Å². The number of hydrazine groups is 1. The van der Waals surface area contributed by atoms with Crippen LogP contribution in [0.5, 0.6) is 5.75 Å². The number of ether oxygens (including phenoxy) is 1. The number of thiocarbonyl (C=S) groups is 1. The van der Waals surface area contributed by atoms with Crippen molar-refractivity contribution in [3.05, 3.63) is 24.3 Å². The van der Waals surface area contributed by atoms with Gasteiger partial charge in [-0.05, 0) is 30.4 Å². The third kappa shape index (κ3) is 2.58. The molecular weight excluding hydrogens is 198 g/mol. The molecule has 75 valence electrons. The molecule has 1 radical (unpaired) electrons. The van der Waals surface area contributed by atoms with Gasteiger partial charge in [-0.2, -0.15) is 0 Å². The lowest BCUT2D eigenvalue weighted by molar-refractivity contribution is 0.416. The molecule has 0 aliphatic heterocycles. The molecule has 0 saturated carbocycles. The predicted molar refractivity (Wildman–Crippen MR) is 60.0 cm³/mol. The number of hydrogen-bond donors (Lipinski definition) is 2. The van der Waals surface area contributed by atoms with E-state index in [1.54, 1.807) is 32.4 Å². The minimum Gasteiger partial charge on any atom is -0.495 e. The Morgan fingerprint density at radius 2 is 2.43 bits per heavy atom. The first-order chi connectivity index (χ1) is 6.65. The van der Waals surface area contributed by atoms with E-state index in [0.717, 1.165) is 5.69 Å². The molecule has 0 saturated heterocycles. The lowest BCUT2D eigenvalue weighted by Gasteiger charge is -2.16. The molecule has 14 heavy (non-hydrogen) atoms. The summed E-state index contributed by atoms with van der Waals surface area (Å²) in [7, 11) is 3.25. The van der Waals surface area contributed by atoms with Crippen LogP contribution in [-0.2, 0) is 0 Å². The van der Waals surface area contributed by atoms with Crippen molar-refractivity contribution in [3.8, 4) is 5.75 Å². The third-order valence-corrected chi connectivity index (χ3v) is 2.00. The van der Waals surface area contributed by atoms with Crippen LogP contribution in [0, 0.1) is 6.07 Å². The molecule has 0 unspecified atom stereocenters. The second kappa shape index (κ2) is 4.78. The van der Waals surface area contributed by atoms with E-state index in [1.165, 1.54) is 5.01 Å². The Morgan fingerprint density at radius 1 is 1.71 bits per heavy atom. The third-order valence-electron chi connectivity index (χ3n) is 1.61. The van der Waals surface area contributed by atoms with E-state index in [-0.39, 0.29) is 0 Å². The van der Waals surface area contributed by atoms with Crippen LogP contribution in [0.15, 0.2) is 18.2 Å². The summed E-state index contributed by atoms with van der Waals surface area (Å²) in [6.07, 6.45) is 0. The second-order valence-corrected chi connectivity index (χ2v) is 3.05. The standard InChI is InChI=1S/C9H12N3OS/c1-12(10)9(14)11-7-5-3-4-6-8(7)13-2/h4-6H,10H2,1-2H3,(H,11,14). The average molecular weight is 210 g/mol. The zero-order valence-electron chi connectivity index (χ0n) is 8.07. The number of methoxy groups -OCH3 is 1. The Labute approximate surface area is 88.6 Å². The van der Waals surface area contributed by atoms with E-state index in [2.05, 4.69) is 11.4 Å². The SMILES string of the molecule is COc1cc[c]cc1NC(=S)N(C)N. The maximum atomic E-state index is 5.45. The van der Waals surface area contributed by atoms with Crippen molar-refractivity contribution >= 4 is 23.0 Å². The van der Waals surface area contributed by atoms with Crippen molar-refractivity contribution in [1.82, 2.24) is 5.01 Å². The Morgan fingerprint density at radius 3 is 3.00 bits per heavy atom. The Balaban J connectivity index is 2.80. The molecule has 0 spiro atoms. The molecule has 1 aromatic carbocycles. The van der Waals surface area contributed by atoms with Gasteiger partial charge in [-0.3, -0.25) is 5.01 Å². The highest BCUT2D eigenvalue weighted by Gasteiger charge is 2.04. The molecule has 3 N–H and O–H groups in total. The topological polar surface area (TPSA) is 50.5 Å². The van der Waals surface area contributed by atoms with E-state index in [4.69, 9.17) is 22.8 Å². The van der Waals surface area contributed by atoms with Gasteiger partial charge in [0.05, 0.1) is 12.8 Å². The van der Waals surface area contributed by atoms with E-state index >= 15 is 0 Å². The Hall–Kier alpha value is -1.33. The van der Waals surface area contributed by atoms with Gasteiger partial charge in [0.25, 0.3) is 0 Å². The van der Waals surface area contributed by atoms with Crippen LogP contribution >= 0.6 is 12.2 Å². The van der Waals surface area contributed by atoms with Crippen LogP contribution in [-0.4, -0.2) is 24.3 Å². The summed E-state index contributed by atoms with van der Waals surface area (Å²) in [5.41, 5.74) is 0.748. The van der Waals surface area contributed by atoms with E-state index in [0.29, 0.717) is 10.9 Å². The normalized spacial score (nSPS) is 9.36. The summed E-state index contributed by atoms with van der Waals surface area (Å²) >= 11 is 4.99. The summed E-state index contributed by atoms with van der Waals surface area (Å²) in [5, 5.41) is 4.68. The number of nitrogens with two attached hydrogens (primary N) is 1. The van der Waals surface area contributed by atoms with Crippen molar-refractivity contribution in [2.45, 2.75) is 0 Å². The number of nitrogens with one attached hydrogen (secondary N) is 1. The fourth-order valence-electron chi connectivity index (χ4n) is 0.895. The summed E-state index contributed by atoms with van der Waals surface area (Å²) in [5.74, 6) is 6.16. The molecule has 5 heteroatoms. The van der Waals surface area contributed by atoms with Crippen molar-refractivity contribution in [2.24, 2.45) is 5.84 Å². The molecule has 0 aromatic heterocycles. The van der Waals surface area contributed by atoms with Gasteiger partial charge in [-0.15, -0.1) is 0 Å². The zero-order chi connectivity index (χ0) is 10.6. The molecule has 0 heterocycles. The number of nitrogens with zero attached hydrogens (tertiary/aromatic N) is 1. The smallest absolute Gasteiger partial charge is 0.187 e. The Kier molecular flexibility index (Phi) is 3.67. The number of benzene rings is 1. The zero-order valence-corrected chi connectivity index (χ0v) is 8.89. The van der Waals surface area contributed by atoms with Gasteiger partial charge in [0.2, 0.25) is 0 Å². The number of rotatable bonds is 2. The molecule has 1 aromatic rings. The van der Waals surface area contributed by atoms with Crippen LogP contribution in [0.3, 0.4) is 0 Å². The van der Waals surface area contributed by atoms with Gasteiger partial charge < -0.3 is 10.1 Å². The minimum absolute atomic E-state index is 0.419. The van der Waals surface area contributed by atoms with Gasteiger partial charge in [0, 0.05) is 7.05 Å². The molecular formula is C9H12N3OS. The molecule has 0 atom stereocenters. The molecule has 0 fully saturated rings. The van der Waals surface area contributed by atoms with Crippen molar-refractivity contribution in [2.75, 3.05) is 19.5 Å². The van der Waals surface area contributed by atoms with E-state index in [9.17, 15) is 0 Å². The predicted octanol–water partition coefficient (Wildman–Crippen LogP) is 0.998. The van der Waals surface area contributed by atoms with Gasteiger partial charge in [0.15, 0.2) is 5.11 Å². The largest absolute Gasteiger partial charge is 0.495 e. The van der Waals surface area contributed by atoms with E-state index < -0.39 is 0 Å². The monoisotopic (exact) mass is 210 g/mol. The maximum Gasteiger partial charge on any atom is 0.187 e. The first-order valence-electron chi connectivity index (χ1n) is 3.98. The quantitative estimate of drug-likeness (QED) is 0.433. The summed E-state index contributed by atoms with van der Waals surface area (Å²) in [6, 6.07) is 8.22. The number of anilines is 1. The number of hydrogen-bond acceptors (Lipinski definition) is 3. The fraction of sp³-hybridized carbons (Fsp3) is 0.222. The van der Waals surface area contributed by atoms with Crippen LogP contribution < -0.4 is 15.9 Å². The first-order valence-corrected chi connectivity index (χ1v) is 4.39. The maximum absolute atomic E-state index is 5.45. The van der Waals surface area contributed by atoms with Gasteiger partial charge in [-0.25, -0.2) is 5.84 Å². The summed E-state index contributed by atoms with van der Waals surface area (Å²) in [6.45, 7) is 0. The van der Waals surface area contributed by atoms with Crippen LogP contribution in [0.2, 0.25) is 0 Å². The Bertz CT molecular complexity index is 328. The minimum atomic E-state index is 0.419. The molecule has 0 amide bonds. The molecule has 0 aliphatic rings. The van der Waals surface area contributed by atoms with Crippen molar-refractivity contribution < 1.29 is 4.74 Å². The van der Waals surface area contributed by atoms with Gasteiger partial charge in [0.1, 0.15) is 5.75 Å². The summed E-state index contributed by atoms with van der Waals surface area (Å²) < 4.78 is 5.12. The van der Waals surface area contributed by atoms with Crippen LogP contribution in [0.1, 0.15) is 0 Å². The lowest BCUT2D eigenvalue weighted by atomic mass is 10.3. The fourth-order valence-corrected chi connectivity index (χ4v) is 1.01. The molecule has 0 bridgehead atoms. The van der Waals surface area contributed by atoms with Gasteiger partial charge in [-0.1, -0.05) is 6.07 Å². The van der Waals surface area contributed by atoms with E-state index in [1.807, 2.05) is 0 Å². The van der Waals surface area contributed by atoms with Gasteiger partial charge >= 0.3 is 0 Å². The first kappa shape index (κ1) is 10.7. The molecule has 0 aliphatic carbocycles. The van der Waals surface area contributed by atoms with Crippen molar-refractivity contribution in [3.63, 3.8) is 0 Å². The average Bonchev–Trinajstić information content (AvgIpc) is 2.18. The molecule has 1 rings (SSSR count). The van der Waals surface area contributed by atoms with Crippen LogP contribution in [0.25, 0.3) is 0 Å².